The first-order valence-electron chi connectivity index (χ1n) is 5.12. The van der Waals surface area contributed by atoms with Gasteiger partial charge in [-0.1, -0.05) is 11.6 Å². The molecular weight excluding hydrogens is 222 g/mol. The molecule has 0 fully saturated rings. The Bertz CT molecular complexity index is 491. The first-order valence-corrected chi connectivity index (χ1v) is 5.50. The van der Waals surface area contributed by atoms with Gasteiger partial charge in [0.05, 0.1) is 11.9 Å². The molecule has 0 bridgehead atoms. The van der Waals surface area contributed by atoms with Crippen molar-refractivity contribution in [2.75, 3.05) is 5.32 Å². The van der Waals surface area contributed by atoms with E-state index in [-0.39, 0.29) is 0 Å². The first-order chi connectivity index (χ1) is 7.65. The third kappa shape index (κ3) is 2.55. The van der Waals surface area contributed by atoms with E-state index in [9.17, 15) is 0 Å². The molecule has 0 aliphatic heterocycles. The average Bonchev–Trinajstić information content (AvgIpc) is 2.63. The van der Waals surface area contributed by atoms with Gasteiger partial charge in [0.2, 0.25) is 0 Å². The normalized spacial score (nSPS) is 10.4. The fraction of sp³-hybridized carbons (Fsp3) is 0.250. The molecule has 2 aromatic heterocycles. The molecule has 0 spiro atoms. The highest BCUT2D eigenvalue weighted by Crippen LogP contribution is 2.17. The summed E-state index contributed by atoms with van der Waals surface area (Å²) in [6.07, 6.45) is 5.89. The van der Waals surface area contributed by atoms with Crippen molar-refractivity contribution in [3.63, 3.8) is 0 Å². The molecule has 0 aliphatic carbocycles. The van der Waals surface area contributed by atoms with Crippen molar-refractivity contribution in [3.8, 4) is 0 Å². The highest BCUT2D eigenvalue weighted by molar-refractivity contribution is 6.29. The lowest BCUT2D eigenvalue weighted by atomic mass is 10.2. The summed E-state index contributed by atoms with van der Waals surface area (Å²) in [6, 6.07) is 3.95. The molecular formula is C12H14ClN3. The number of pyridine rings is 1. The summed E-state index contributed by atoms with van der Waals surface area (Å²) in [4.78, 5) is 4.06. The Morgan fingerprint density at radius 2 is 2.31 bits per heavy atom. The van der Waals surface area contributed by atoms with Gasteiger partial charge in [0, 0.05) is 26.0 Å². The summed E-state index contributed by atoms with van der Waals surface area (Å²) in [7, 11) is 2.01. The molecule has 0 atom stereocenters. The van der Waals surface area contributed by atoms with E-state index in [0.29, 0.717) is 5.15 Å². The van der Waals surface area contributed by atoms with Crippen molar-refractivity contribution < 1.29 is 0 Å². The van der Waals surface area contributed by atoms with Crippen LogP contribution in [0.25, 0.3) is 0 Å². The Hall–Kier alpha value is -1.48. The Morgan fingerprint density at radius 3 is 2.94 bits per heavy atom. The molecule has 2 aromatic rings. The van der Waals surface area contributed by atoms with Crippen LogP contribution in [0.15, 0.2) is 30.7 Å². The number of halogens is 1. The van der Waals surface area contributed by atoms with Crippen LogP contribution in [0.3, 0.4) is 0 Å². The smallest absolute Gasteiger partial charge is 0.129 e. The third-order valence-electron chi connectivity index (χ3n) is 2.45. The molecule has 0 radical (unpaired) electrons. The van der Waals surface area contributed by atoms with E-state index in [2.05, 4.69) is 22.6 Å². The second-order valence-electron chi connectivity index (χ2n) is 3.86. The van der Waals surface area contributed by atoms with Crippen molar-refractivity contribution in [1.29, 1.82) is 0 Å². The lowest BCUT2D eigenvalue weighted by molar-refractivity contribution is 0.920. The van der Waals surface area contributed by atoms with Crippen LogP contribution in [-0.2, 0) is 13.6 Å². The molecule has 16 heavy (non-hydrogen) atoms. The van der Waals surface area contributed by atoms with Crippen molar-refractivity contribution in [3.05, 3.63) is 47.0 Å². The van der Waals surface area contributed by atoms with Crippen LogP contribution in [0.2, 0.25) is 5.15 Å². The van der Waals surface area contributed by atoms with Gasteiger partial charge in [-0.15, -0.1) is 0 Å². The molecule has 3 nitrogen and oxygen atoms in total. The summed E-state index contributed by atoms with van der Waals surface area (Å²) in [5, 5.41) is 3.87. The average molecular weight is 236 g/mol. The Morgan fingerprint density at radius 1 is 1.50 bits per heavy atom. The van der Waals surface area contributed by atoms with Crippen LogP contribution in [0, 0.1) is 6.92 Å². The monoisotopic (exact) mass is 235 g/mol. The Kier molecular flexibility index (Phi) is 3.15. The second-order valence-corrected chi connectivity index (χ2v) is 4.25. The zero-order valence-corrected chi connectivity index (χ0v) is 10.1. The zero-order valence-electron chi connectivity index (χ0n) is 9.37. The van der Waals surface area contributed by atoms with Crippen LogP contribution >= 0.6 is 11.6 Å². The Labute approximate surface area is 100 Å². The van der Waals surface area contributed by atoms with Gasteiger partial charge in [-0.05, 0) is 30.2 Å². The van der Waals surface area contributed by atoms with Gasteiger partial charge in [-0.2, -0.15) is 0 Å². The maximum atomic E-state index is 5.80. The van der Waals surface area contributed by atoms with Crippen LogP contribution in [-0.4, -0.2) is 9.55 Å². The molecule has 2 rings (SSSR count). The minimum Gasteiger partial charge on any atom is -0.379 e. The SMILES string of the molecule is Cc1cc(Cl)ncc1NCc1ccn(C)c1. The van der Waals surface area contributed by atoms with Crippen LogP contribution in [0.5, 0.6) is 0 Å². The Balaban J connectivity index is 2.04. The fourth-order valence-electron chi connectivity index (χ4n) is 1.57. The van der Waals surface area contributed by atoms with Crippen molar-refractivity contribution in [2.24, 2.45) is 7.05 Å². The topological polar surface area (TPSA) is 29.9 Å². The summed E-state index contributed by atoms with van der Waals surface area (Å²) >= 11 is 5.80. The summed E-state index contributed by atoms with van der Waals surface area (Å²) < 4.78 is 2.03. The lowest BCUT2D eigenvalue weighted by Crippen LogP contribution is -2.00. The predicted molar refractivity (Wildman–Crippen MR) is 66.7 cm³/mol. The van der Waals surface area contributed by atoms with E-state index >= 15 is 0 Å². The highest BCUT2D eigenvalue weighted by atomic mass is 35.5. The molecule has 0 aromatic carbocycles. The maximum Gasteiger partial charge on any atom is 0.129 e. The number of aryl methyl sites for hydroxylation is 2. The molecule has 0 aliphatic rings. The van der Waals surface area contributed by atoms with E-state index in [0.717, 1.165) is 17.8 Å². The van der Waals surface area contributed by atoms with Gasteiger partial charge in [0.15, 0.2) is 0 Å². The molecule has 84 valence electrons. The summed E-state index contributed by atoms with van der Waals surface area (Å²) in [6.45, 7) is 2.81. The van der Waals surface area contributed by atoms with Crippen molar-refractivity contribution in [2.45, 2.75) is 13.5 Å². The molecule has 0 saturated heterocycles. The molecule has 0 amide bonds. The fourth-order valence-corrected chi connectivity index (χ4v) is 1.78. The standard InChI is InChI=1S/C12H14ClN3/c1-9-5-12(13)15-7-11(9)14-6-10-3-4-16(2)8-10/h3-5,7-8,14H,6H2,1-2H3. The van der Waals surface area contributed by atoms with Gasteiger partial charge in [0.1, 0.15) is 5.15 Å². The minimum atomic E-state index is 0.530. The minimum absolute atomic E-state index is 0.530. The summed E-state index contributed by atoms with van der Waals surface area (Å²) in [5.74, 6) is 0. The number of nitrogens with one attached hydrogen (secondary N) is 1. The van der Waals surface area contributed by atoms with E-state index in [1.807, 2.05) is 30.8 Å². The number of aromatic nitrogens is 2. The van der Waals surface area contributed by atoms with Gasteiger partial charge >= 0.3 is 0 Å². The van der Waals surface area contributed by atoms with Crippen molar-refractivity contribution >= 4 is 17.3 Å². The van der Waals surface area contributed by atoms with Crippen LogP contribution in [0.4, 0.5) is 5.69 Å². The van der Waals surface area contributed by atoms with Gasteiger partial charge in [-0.25, -0.2) is 4.98 Å². The summed E-state index contributed by atoms with van der Waals surface area (Å²) in [5.41, 5.74) is 3.38. The predicted octanol–water partition coefficient (Wildman–Crippen LogP) is 2.99. The van der Waals surface area contributed by atoms with Gasteiger partial charge in [0.25, 0.3) is 0 Å². The number of hydrogen-bond acceptors (Lipinski definition) is 2. The molecule has 0 unspecified atom stereocenters. The lowest BCUT2D eigenvalue weighted by Gasteiger charge is -2.07. The van der Waals surface area contributed by atoms with Gasteiger partial charge in [-0.3, -0.25) is 0 Å². The quantitative estimate of drug-likeness (QED) is 0.829. The number of hydrogen-bond donors (Lipinski definition) is 1. The van der Waals surface area contributed by atoms with E-state index in [1.165, 1.54) is 5.56 Å². The number of rotatable bonds is 3. The second kappa shape index (κ2) is 4.58. The zero-order chi connectivity index (χ0) is 11.5. The van der Waals surface area contributed by atoms with E-state index < -0.39 is 0 Å². The van der Waals surface area contributed by atoms with Crippen molar-refractivity contribution in [1.82, 2.24) is 9.55 Å². The van der Waals surface area contributed by atoms with Gasteiger partial charge < -0.3 is 9.88 Å². The largest absolute Gasteiger partial charge is 0.379 e. The molecule has 2 heterocycles. The maximum absolute atomic E-state index is 5.80. The van der Waals surface area contributed by atoms with Crippen LogP contribution in [0.1, 0.15) is 11.1 Å². The first kappa shape index (κ1) is 11.0. The third-order valence-corrected chi connectivity index (χ3v) is 2.66. The number of anilines is 1. The molecule has 1 N–H and O–H groups in total. The van der Waals surface area contributed by atoms with Crippen LogP contribution < -0.4 is 5.32 Å². The molecule has 0 saturated carbocycles. The number of nitrogens with zero attached hydrogens (tertiary/aromatic N) is 2. The highest BCUT2D eigenvalue weighted by Gasteiger charge is 2.00. The van der Waals surface area contributed by atoms with E-state index in [1.54, 1.807) is 6.20 Å². The molecule has 4 heteroatoms. The van der Waals surface area contributed by atoms with E-state index in [4.69, 9.17) is 11.6 Å².